The van der Waals surface area contributed by atoms with Crippen LogP contribution in [0.25, 0.3) is 21.9 Å². The molecule has 0 aromatic heterocycles. The van der Waals surface area contributed by atoms with E-state index in [-0.39, 0.29) is 5.60 Å². The lowest BCUT2D eigenvalue weighted by Crippen LogP contribution is -2.15. The summed E-state index contributed by atoms with van der Waals surface area (Å²) in [6.07, 6.45) is 1.32. The Kier molecular flexibility index (Phi) is 2.06. The first-order chi connectivity index (χ1) is 10.3. The van der Waals surface area contributed by atoms with Crippen LogP contribution in [0.2, 0.25) is 0 Å². The molecule has 1 heteroatoms. The first-order valence-electron chi connectivity index (χ1n) is 7.54. The molecule has 3 aromatic rings. The lowest BCUT2D eigenvalue weighted by atomic mass is 9.81. The summed E-state index contributed by atoms with van der Waals surface area (Å²) in [7, 11) is 0. The molecular formula is C20H16O. The topological polar surface area (TPSA) is 12.5 Å². The van der Waals surface area contributed by atoms with E-state index >= 15 is 0 Å². The molecule has 0 bridgehead atoms. The summed E-state index contributed by atoms with van der Waals surface area (Å²) < 4.78 is 5.98. The highest BCUT2D eigenvalue weighted by Gasteiger charge is 2.56. The quantitative estimate of drug-likeness (QED) is 0.574. The van der Waals surface area contributed by atoms with Gasteiger partial charge >= 0.3 is 0 Å². The molecule has 2 aliphatic rings. The van der Waals surface area contributed by atoms with Gasteiger partial charge in [0.2, 0.25) is 0 Å². The molecule has 0 amide bonds. The average molecular weight is 272 g/mol. The van der Waals surface area contributed by atoms with Crippen molar-refractivity contribution in [2.24, 2.45) is 0 Å². The summed E-state index contributed by atoms with van der Waals surface area (Å²) in [5, 5.41) is 2.77. The van der Waals surface area contributed by atoms with E-state index in [9.17, 15) is 0 Å². The Morgan fingerprint density at radius 3 is 2.67 bits per heavy atom. The molecule has 3 aromatic carbocycles. The van der Waals surface area contributed by atoms with Gasteiger partial charge in [0.15, 0.2) is 0 Å². The van der Waals surface area contributed by atoms with Crippen molar-refractivity contribution in [1.82, 2.24) is 0 Å². The van der Waals surface area contributed by atoms with Crippen molar-refractivity contribution in [3.63, 3.8) is 0 Å². The van der Waals surface area contributed by atoms with E-state index in [0.717, 1.165) is 6.42 Å². The first-order valence-corrected chi connectivity index (χ1v) is 7.54. The number of rotatable bonds is 1. The highest BCUT2D eigenvalue weighted by atomic mass is 16.6. The fourth-order valence-electron chi connectivity index (χ4n) is 3.89. The fraction of sp³-hybridized carbons (Fsp3) is 0.200. The summed E-state index contributed by atoms with van der Waals surface area (Å²) >= 11 is 0. The normalized spacial score (nSPS) is 25.7. The Labute approximate surface area is 124 Å². The minimum Gasteiger partial charge on any atom is -0.361 e. The van der Waals surface area contributed by atoms with E-state index in [4.69, 9.17) is 4.74 Å². The van der Waals surface area contributed by atoms with Gasteiger partial charge in [-0.05, 0) is 39.9 Å². The Balaban J connectivity index is 1.84. The molecule has 1 fully saturated rings. The molecule has 1 heterocycles. The predicted octanol–water partition coefficient (Wildman–Crippen LogP) is 4.89. The summed E-state index contributed by atoms with van der Waals surface area (Å²) in [6.45, 7) is 2.23. The number of hydrogen-bond donors (Lipinski definition) is 0. The van der Waals surface area contributed by atoms with Crippen LogP contribution in [-0.4, -0.2) is 5.60 Å². The van der Waals surface area contributed by atoms with Gasteiger partial charge in [0.1, 0.15) is 11.7 Å². The molecule has 2 atom stereocenters. The van der Waals surface area contributed by atoms with Gasteiger partial charge < -0.3 is 4.74 Å². The summed E-state index contributed by atoms with van der Waals surface area (Å²) in [5.74, 6) is 0. The van der Waals surface area contributed by atoms with Crippen LogP contribution < -0.4 is 0 Å². The maximum Gasteiger partial charge on any atom is 0.113 e. The summed E-state index contributed by atoms with van der Waals surface area (Å²) in [6, 6.07) is 21.8. The molecule has 21 heavy (non-hydrogen) atoms. The van der Waals surface area contributed by atoms with Gasteiger partial charge in [0.25, 0.3) is 0 Å². The van der Waals surface area contributed by atoms with E-state index in [1.165, 1.54) is 33.0 Å². The number of benzene rings is 3. The zero-order valence-electron chi connectivity index (χ0n) is 12.0. The molecule has 2 unspecified atom stereocenters. The monoisotopic (exact) mass is 272 g/mol. The van der Waals surface area contributed by atoms with Crippen LogP contribution in [0.15, 0.2) is 60.7 Å². The predicted molar refractivity (Wildman–Crippen MR) is 85.3 cm³/mol. The van der Waals surface area contributed by atoms with Gasteiger partial charge in [-0.1, -0.05) is 60.7 Å². The highest BCUT2D eigenvalue weighted by Crippen LogP contribution is 2.57. The molecule has 1 saturated heterocycles. The van der Waals surface area contributed by atoms with Crippen LogP contribution in [0.1, 0.15) is 24.2 Å². The molecule has 0 spiro atoms. The summed E-state index contributed by atoms with van der Waals surface area (Å²) in [5.41, 5.74) is 5.44. The Hall–Kier alpha value is -2.12. The third-order valence-corrected chi connectivity index (χ3v) is 4.95. The average Bonchev–Trinajstić information content (AvgIpc) is 3.21. The lowest BCUT2D eigenvalue weighted by molar-refractivity contribution is 0.311. The molecule has 0 saturated carbocycles. The molecular weight excluding hydrogens is 256 g/mol. The van der Waals surface area contributed by atoms with Crippen LogP contribution in [-0.2, 0) is 11.2 Å². The van der Waals surface area contributed by atoms with Gasteiger partial charge in [-0.25, -0.2) is 0 Å². The maximum absolute atomic E-state index is 5.98. The molecule has 1 nitrogen and oxygen atoms in total. The third kappa shape index (κ3) is 1.50. The smallest absolute Gasteiger partial charge is 0.113 e. The van der Waals surface area contributed by atoms with Crippen molar-refractivity contribution in [2.45, 2.75) is 25.0 Å². The fourth-order valence-corrected chi connectivity index (χ4v) is 3.89. The minimum absolute atomic E-state index is 0.0372. The van der Waals surface area contributed by atoms with Gasteiger partial charge in [0.05, 0.1) is 0 Å². The van der Waals surface area contributed by atoms with E-state index in [2.05, 4.69) is 67.6 Å². The molecule has 102 valence electrons. The molecule has 5 rings (SSSR count). The van der Waals surface area contributed by atoms with Gasteiger partial charge in [-0.2, -0.15) is 0 Å². The largest absolute Gasteiger partial charge is 0.361 e. The number of epoxide rings is 1. The Bertz CT molecular complexity index is 866. The van der Waals surface area contributed by atoms with Gasteiger partial charge in [0, 0.05) is 6.42 Å². The van der Waals surface area contributed by atoms with Crippen LogP contribution in [0.3, 0.4) is 0 Å². The minimum atomic E-state index is 0.0372. The van der Waals surface area contributed by atoms with Crippen molar-refractivity contribution in [3.8, 4) is 11.1 Å². The van der Waals surface area contributed by atoms with Crippen LogP contribution >= 0.6 is 0 Å². The second-order valence-corrected chi connectivity index (χ2v) is 6.40. The zero-order valence-corrected chi connectivity index (χ0v) is 12.0. The molecule has 0 N–H and O–H groups in total. The Morgan fingerprint density at radius 2 is 1.81 bits per heavy atom. The van der Waals surface area contributed by atoms with Crippen molar-refractivity contribution >= 4 is 10.8 Å². The van der Waals surface area contributed by atoms with Crippen molar-refractivity contribution < 1.29 is 4.74 Å². The summed E-state index contributed by atoms with van der Waals surface area (Å²) in [4.78, 5) is 0. The van der Waals surface area contributed by atoms with Crippen LogP contribution in [0.4, 0.5) is 0 Å². The van der Waals surface area contributed by atoms with Gasteiger partial charge in [-0.3, -0.25) is 0 Å². The van der Waals surface area contributed by atoms with Crippen LogP contribution in [0.5, 0.6) is 0 Å². The van der Waals surface area contributed by atoms with E-state index in [1.807, 2.05) is 0 Å². The molecule has 1 aliphatic heterocycles. The lowest BCUT2D eigenvalue weighted by Gasteiger charge is -2.20. The van der Waals surface area contributed by atoms with E-state index < -0.39 is 0 Å². The SMILES string of the molecule is CC12Cc3ccc(-c4ccccc4)c4cccc(c34)C1O2. The first kappa shape index (κ1) is 11.5. The van der Waals surface area contributed by atoms with Crippen molar-refractivity contribution in [2.75, 3.05) is 0 Å². The van der Waals surface area contributed by atoms with Crippen molar-refractivity contribution in [3.05, 3.63) is 71.8 Å². The highest BCUT2D eigenvalue weighted by molar-refractivity contribution is 6.01. The third-order valence-electron chi connectivity index (χ3n) is 4.95. The van der Waals surface area contributed by atoms with Crippen LogP contribution in [0, 0.1) is 0 Å². The number of hydrogen-bond acceptors (Lipinski definition) is 1. The Morgan fingerprint density at radius 1 is 0.952 bits per heavy atom. The standard InChI is InChI=1S/C20H16O/c1-20-12-14-10-11-15(13-6-3-2-4-7-13)16-8-5-9-17(18(14)16)19(20)21-20/h2-11,19H,12H2,1H3. The number of ether oxygens (including phenoxy) is 1. The molecule has 1 aliphatic carbocycles. The zero-order chi connectivity index (χ0) is 14.0. The van der Waals surface area contributed by atoms with E-state index in [1.54, 1.807) is 0 Å². The van der Waals surface area contributed by atoms with Crippen molar-refractivity contribution in [1.29, 1.82) is 0 Å². The second kappa shape index (κ2) is 3.75. The maximum atomic E-state index is 5.98. The number of fused-ring (bicyclic) bond motifs is 2. The van der Waals surface area contributed by atoms with E-state index in [0.29, 0.717) is 6.10 Å². The molecule has 0 radical (unpaired) electrons. The second-order valence-electron chi connectivity index (χ2n) is 6.40. The van der Waals surface area contributed by atoms with Gasteiger partial charge in [-0.15, -0.1) is 0 Å².